The third-order valence-corrected chi connectivity index (χ3v) is 3.11. The predicted octanol–water partition coefficient (Wildman–Crippen LogP) is 3.52. The zero-order chi connectivity index (χ0) is 12.8. The van der Waals surface area contributed by atoms with Crippen LogP contribution in [0.5, 0.6) is 0 Å². The summed E-state index contributed by atoms with van der Waals surface area (Å²) in [6.45, 7) is 4.21. The van der Waals surface area contributed by atoms with Crippen LogP contribution in [0.2, 0.25) is 0 Å². The number of nitrogens with zero attached hydrogens (tertiary/aromatic N) is 2. The van der Waals surface area contributed by atoms with E-state index in [0.29, 0.717) is 0 Å². The Labute approximate surface area is 109 Å². The number of hydrogen-bond donors (Lipinski definition) is 0. The lowest BCUT2D eigenvalue weighted by Crippen LogP contribution is -1.95. The Morgan fingerprint density at radius 2 is 1.89 bits per heavy atom. The number of aromatic nitrogens is 2. The van der Waals surface area contributed by atoms with Crippen molar-refractivity contribution in [2.75, 3.05) is 0 Å². The van der Waals surface area contributed by atoms with Crippen LogP contribution < -0.4 is 0 Å². The zero-order valence-corrected chi connectivity index (χ0v) is 11.2. The minimum atomic E-state index is 1.01. The maximum Gasteiger partial charge on any atom is 0.0403 e. The highest BCUT2D eigenvalue weighted by Crippen LogP contribution is 2.08. The molecular weight excluding hydrogens is 220 g/mol. The summed E-state index contributed by atoms with van der Waals surface area (Å²) in [5, 5.41) is 0. The van der Waals surface area contributed by atoms with E-state index in [4.69, 9.17) is 0 Å². The molecule has 2 aromatic rings. The van der Waals surface area contributed by atoms with Crippen molar-refractivity contribution in [3.63, 3.8) is 0 Å². The van der Waals surface area contributed by atoms with E-state index in [1.54, 1.807) is 0 Å². The van der Waals surface area contributed by atoms with Crippen molar-refractivity contribution in [3.05, 3.63) is 59.2 Å². The molecule has 0 aliphatic rings. The summed E-state index contributed by atoms with van der Waals surface area (Å²) < 4.78 is 0. The third-order valence-electron chi connectivity index (χ3n) is 3.11. The van der Waals surface area contributed by atoms with Crippen molar-refractivity contribution in [1.29, 1.82) is 0 Å². The summed E-state index contributed by atoms with van der Waals surface area (Å²) in [6, 6.07) is 8.58. The first-order valence-electron chi connectivity index (χ1n) is 6.63. The summed E-state index contributed by atoms with van der Waals surface area (Å²) in [6.07, 6.45) is 8.15. The summed E-state index contributed by atoms with van der Waals surface area (Å²) >= 11 is 0. The fourth-order valence-electron chi connectivity index (χ4n) is 2.00. The molecule has 0 unspecified atom stereocenters. The molecule has 0 saturated carbocycles. The fourth-order valence-corrected chi connectivity index (χ4v) is 2.00. The van der Waals surface area contributed by atoms with Crippen LogP contribution in [0.1, 0.15) is 35.9 Å². The molecule has 0 amide bonds. The molecular formula is C16H20N2. The van der Waals surface area contributed by atoms with E-state index in [1.165, 1.54) is 22.5 Å². The van der Waals surface area contributed by atoms with Gasteiger partial charge in [-0.2, -0.15) is 0 Å². The molecule has 0 aliphatic carbocycles. The van der Waals surface area contributed by atoms with Crippen LogP contribution in [0.3, 0.4) is 0 Å². The van der Waals surface area contributed by atoms with Crippen molar-refractivity contribution in [2.24, 2.45) is 0 Å². The van der Waals surface area contributed by atoms with Gasteiger partial charge < -0.3 is 0 Å². The normalized spacial score (nSPS) is 10.6. The number of pyridine rings is 2. The van der Waals surface area contributed by atoms with Crippen LogP contribution in [0.15, 0.2) is 36.7 Å². The average Bonchev–Trinajstić information content (AvgIpc) is 2.41. The zero-order valence-electron chi connectivity index (χ0n) is 11.2. The Balaban J connectivity index is 1.86. The number of aryl methyl sites for hydroxylation is 4. The first kappa shape index (κ1) is 12.7. The van der Waals surface area contributed by atoms with Gasteiger partial charge in [0.2, 0.25) is 0 Å². The molecule has 2 heteroatoms. The van der Waals surface area contributed by atoms with Gasteiger partial charge in [0, 0.05) is 23.8 Å². The molecule has 0 radical (unpaired) electrons. The minimum absolute atomic E-state index is 1.01. The van der Waals surface area contributed by atoms with Crippen molar-refractivity contribution in [3.8, 4) is 0 Å². The SMILES string of the molecule is CCc1cc(CCCc2ccc(C)cn2)ccn1. The van der Waals surface area contributed by atoms with Gasteiger partial charge in [-0.05, 0) is 61.9 Å². The Morgan fingerprint density at radius 1 is 1.00 bits per heavy atom. The Bertz CT molecular complexity index is 489. The van der Waals surface area contributed by atoms with E-state index >= 15 is 0 Å². The van der Waals surface area contributed by atoms with Gasteiger partial charge in [0.15, 0.2) is 0 Å². The van der Waals surface area contributed by atoms with Crippen LogP contribution in [0.4, 0.5) is 0 Å². The van der Waals surface area contributed by atoms with Gasteiger partial charge in [0.1, 0.15) is 0 Å². The molecule has 18 heavy (non-hydrogen) atoms. The Kier molecular flexibility index (Phi) is 4.46. The van der Waals surface area contributed by atoms with E-state index in [-0.39, 0.29) is 0 Å². The molecule has 0 bridgehead atoms. The van der Waals surface area contributed by atoms with Crippen LogP contribution in [0.25, 0.3) is 0 Å². The van der Waals surface area contributed by atoms with Gasteiger partial charge in [0.25, 0.3) is 0 Å². The molecule has 0 spiro atoms. The molecule has 0 saturated heterocycles. The van der Waals surface area contributed by atoms with E-state index in [2.05, 4.69) is 48.1 Å². The van der Waals surface area contributed by atoms with E-state index < -0.39 is 0 Å². The molecule has 2 aromatic heterocycles. The molecule has 0 N–H and O–H groups in total. The molecule has 0 fully saturated rings. The van der Waals surface area contributed by atoms with Crippen LogP contribution in [0, 0.1) is 6.92 Å². The first-order valence-corrected chi connectivity index (χ1v) is 6.63. The highest BCUT2D eigenvalue weighted by atomic mass is 14.7. The minimum Gasteiger partial charge on any atom is -0.261 e. The number of rotatable bonds is 5. The predicted molar refractivity (Wildman–Crippen MR) is 74.6 cm³/mol. The molecule has 0 aliphatic heterocycles. The lowest BCUT2D eigenvalue weighted by atomic mass is 10.1. The van der Waals surface area contributed by atoms with Gasteiger partial charge in [-0.25, -0.2) is 0 Å². The second-order valence-electron chi connectivity index (χ2n) is 4.69. The Hall–Kier alpha value is -1.70. The van der Waals surface area contributed by atoms with Gasteiger partial charge in [-0.15, -0.1) is 0 Å². The van der Waals surface area contributed by atoms with E-state index in [0.717, 1.165) is 25.7 Å². The van der Waals surface area contributed by atoms with E-state index in [9.17, 15) is 0 Å². The summed E-state index contributed by atoms with van der Waals surface area (Å²) in [7, 11) is 0. The maximum absolute atomic E-state index is 4.43. The molecule has 0 aromatic carbocycles. The summed E-state index contributed by atoms with van der Waals surface area (Å²) in [5.41, 5.74) is 4.97. The lowest BCUT2D eigenvalue weighted by Gasteiger charge is -2.04. The van der Waals surface area contributed by atoms with Crippen LogP contribution in [-0.4, -0.2) is 9.97 Å². The van der Waals surface area contributed by atoms with Crippen LogP contribution in [-0.2, 0) is 19.3 Å². The fraction of sp³-hybridized carbons (Fsp3) is 0.375. The number of hydrogen-bond acceptors (Lipinski definition) is 2. The Morgan fingerprint density at radius 3 is 2.61 bits per heavy atom. The topological polar surface area (TPSA) is 25.8 Å². The monoisotopic (exact) mass is 240 g/mol. The quantitative estimate of drug-likeness (QED) is 0.799. The van der Waals surface area contributed by atoms with Gasteiger partial charge in [-0.3, -0.25) is 9.97 Å². The highest BCUT2D eigenvalue weighted by molar-refractivity contribution is 5.17. The molecule has 2 nitrogen and oxygen atoms in total. The molecule has 2 heterocycles. The lowest BCUT2D eigenvalue weighted by molar-refractivity contribution is 0.795. The van der Waals surface area contributed by atoms with E-state index in [1.807, 2.05) is 12.4 Å². The second kappa shape index (κ2) is 6.29. The summed E-state index contributed by atoms with van der Waals surface area (Å²) in [5.74, 6) is 0. The van der Waals surface area contributed by atoms with Crippen molar-refractivity contribution in [2.45, 2.75) is 39.5 Å². The van der Waals surface area contributed by atoms with Gasteiger partial charge >= 0.3 is 0 Å². The molecule has 94 valence electrons. The second-order valence-corrected chi connectivity index (χ2v) is 4.69. The van der Waals surface area contributed by atoms with Gasteiger partial charge in [-0.1, -0.05) is 13.0 Å². The van der Waals surface area contributed by atoms with Crippen molar-refractivity contribution >= 4 is 0 Å². The molecule has 2 rings (SSSR count). The van der Waals surface area contributed by atoms with Crippen LogP contribution >= 0.6 is 0 Å². The third kappa shape index (κ3) is 3.66. The smallest absolute Gasteiger partial charge is 0.0403 e. The average molecular weight is 240 g/mol. The van der Waals surface area contributed by atoms with Crippen molar-refractivity contribution in [1.82, 2.24) is 9.97 Å². The van der Waals surface area contributed by atoms with Gasteiger partial charge in [0.05, 0.1) is 0 Å². The molecule has 0 atom stereocenters. The first-order chi connectivity index (χ1) is 8.78. The van der Waals surface area contributed by atoms with Crippen molar-refractivity contribution < 1.29 is 0 Å². The maximum atomic E-state index is 4.43. The summed E-state index contributed by atoms with van der Waals surface area (Å²) in [4.78, 5) is 8.75. The standard InChI is InChI=1S/C16H20N2/c1-3-15-11-14(9-10-17-15)5-4-6-16-8-7-13(2)12-18-16/h7-12H,3-6H2,1-2H3. The highest BCUT2D eigenvalue weighted by Gasteiger charge is 1.98. The largest absolute Gasteiger partial charge is 0.261 e.